The van der Waals surface area contributed by atoms with Gasteiger partial charge in [0.1, 0.15) is 0 Å². The SMILES string of the molecule is COc1cccc(-n2c(=O)n(Cc3c(Cl)cccc3C#N)c(=O)n(C[C@H](N)c3ccccc3)c2=O)c1F. The van der Waals surface area contributed by atoms with E-state index in [1.807, 2.05) is 6.07 Å². The third-order valence-corrected chi connectivity index (χ3v) is 6.23. The highest BCUT2D eigenvalue weighted by Crippen LogP contribution is 2.22. The lowest BCUT2D eigenvalue weighted by atomic mass is 10.1. The zero-order chi connectivity index (χ0) is 26.7. The van der Waals surface area contributed by atoms with E-state index in [0.717, 1.165) is 9.13 Å². The summed E-state index contributed by atoms with van der Waals surface area (Å²) < 4.78 is 22.2. The normalized spacial score (nSPS) is 11.6. The van der Waals surface area contributed by atoms with E-state index in [2.05, 4.69) is 0 Å². The van der Waals surface area contributed by atoms with Gasteiger partial charge in [0.2, 0.25) is 0 Å². The van der Waals surface area contributed by atoms with Crippen LogP contribution in [0.1, 0.15) is 22.7 Å². The minimum absolute atomic E-state index is 0.136. The first-order valence-corrected chi connectivity index (χ1v) is 11.4. The Bertz CT molecular complexity index is 1690. The summed E-state index contributed by atoms with van der Waals surface area (Å²) in [6.45, 7) is -0.742. The van der Waals surface area contributed by atoms with Gasteiger partial charge in [0, 0.05) is 16.6 Å². The van der Waals surface area contributed by atoms with Crippen LogP contribution >= 0.6 is 11.6 Å². The highest BCUT2D eigenvalue weighted by atomic mass is 35.5. The highest BCUT2D eigenvalue weighted by molar-refractivity contribution is 6.31. The molecule has 4 aromatic rings. The van der Waals surface area contributed by atoms with Gasteiger partial charge < -0.3 is 10.5 Å². The summed E-state index contributed by atoms with van der Waals surface area (Å²) in [5.41, 5.74) is 3.67. The maximum Gasteiger partial charge on any atom is 0.341 e. The van der Waals surface area contributed by atoms with Crippen LogP contribution in [0, 0.1) is 17.1 Å². The molecule has 0 saturated heterocycles. The molecule has 0 radical (unpaired) electrons. The number of hydrogen-bond donors (Lipinski definition) is 1. The molecule has 37 heavy (non-hydrogen) atoms. The lowest BCUT2D eigenvalue weighted by molar-refractivity contribution is 0.384. The number of benzene rings is 3. The number of ether oxygens (including phenoxy) is 1. The molecule has 0 aliphatic rings. The third-order valence-electron chi connectivity index (χ3n) is 5.87. The van der Waals surface area contributed by atoms with Gasteiger partial charge in [-0.1, -0.05) is 54.1 Å². The van der Waals surface area contributed by atoms with E-state index in [-0.39, 0.29) is 28.4 Å². The number of methoxy groups -OCH3 is 1. The largest absolute Gasteiger partial charge is 0.494 e. The number of hydrogen-bond acceptors (Lipinski definition) is 6. The van der Waals surface area contributed by atoms with Gasteiger partial charge in [0.05, 0.1) is 37.5 Å². The predicted molar refractivity (Wildman–Crippen MR) is 136 cm³/mol. The lowest BCUT2D eigenvalue weighted by Crippen LogP contribution is -2.55. The first kappa shape index (κ1) is 25.6. The van der Waals surface area contributed by atoms with E-state index < -0.39 is 41.2 Å². The third kappa shape index (κ3) is 4.82. The first-order chi connectivity index (χ1) is 17.8. The van der Waals surface area contributed by atoms with Crippen molar-refractivity contribution >= 4 is 11.6 Å². The molecule has 0 spiro atoms. The molecule has 4 rings (SSSR count). The standard InChI is InChI=1S/C26H21ClFN5O4/c1-37-22-12-6-11-21(23(22)28)33-25(35)31(14-18-17(13-29)9-5-10-19(18)27)24(34)32(26(33)36)15-20(30)16-7-3-2-4-8-16/h2-12,20H,14-15,30H2,1H3/t20-/m0/s1. The Hall–Kier alpha value is -4.46. The maximum atomic E-state index is 15.2. The average Bonchev–Trinajstić information content (AvgIpc) is 2.91. The number of nitriles is 1. The minimum atomic E-state index is -1.12. The van der Waals surface area contributed by atoms with Crippen LogP contribution in [0.5, 0.6) is 5.75 Å². The molecule has 1 atom stereocenters. The molecular weight excluding hydrogens is 501 g/mol. The molecular formula is C26H21ClFN5O4. The zero-order valence-electron chi connectivity index (χ0n) is 19.6. The van der Waals surface area contributed by atoms with Gasteiger partial charge in [-0.2, -0.15) is 5.26 Å². The number of aromatic nitrogens is 3. The topological polar surface area (TPSA) is 125 Å². The Labute approximate surface area is 215 Å². The van der Waals surface area contributed by atoms with Crippen molar-refractivity contribution in [2.24, 2.45) is 5.73 Å². The molecule has 11 heteroatoms. The maximum absolute atomic E-state index is 15.2. The summed E-state index contributed by atoms with van der Waals surface area (Å²) in [5.74, 6) is -1.17. The van der Waals surface area contributed by atoms with Gasteiger partial charge >= 0.3 is 17.1 Å². The summed E-state index contributed by atoms with van der Waals surface area (Å²) >= 11 is 6.28. The van der Waals surface area contributed by atoms with Crippen molar-refractivity contribution in [1.82, 2.24) is 13.7 Å². The van der Waals surface area contributed by atoms with Gasteiger partial charge in [-0.05, 0) is 29.8 Å². The Morgan fingerprint density at radius 2 is 1.65 bits per heavy atom. The van der Waals surface area contributed by atoms with Crippen LogP contribution in [-0.4, -0.2) is 20.8 Å². The Morgan fingerprint density at radius 1 is 0.973 bits per heavy atom. The predicted octanol–water partition coefficient (Wildman–Crippen LogP) is 2.58. The molecule has 3 aromatic carbocycles. The fraction of sp³-hybridized carbons (Fsp3) is 0.154. The van der Waals surface area contributed by atoms with Crippen molar-refractivity contribution in [3.05, 3.63) is 126 Å². The number of nitrogens with zero attached hydrogens (tertiary/aromatic N) is 4. The Balaban J connectivity index is 2.00. The molecule has 0 aliphatic carbocycles. The van der Waals surface area contributed by atoms with Crippen molar-refractivity contribution in [3.63, 3.8) is 0 Å². The second kappa shape index (κ2) is 10.7. The molecule has 0 saturated carbocycles. The van der Waals surface area contributed by atoms with E-state index in [1.165, 1.54) is 37.4 Å². The summed E-state index contributed by atoms with van der Waals surface area (Å²) in [7, 11) is 1.24. The average molecular weight is 522 g/mol. The Morgan fingerprint density at radius 3 is 2.32 bits per heavy atom. The van der Waals surface area contributed by atoms with E-state index >= 15 is 4.39 Å². The second-order valence-electron chi connectivity index (χ2n) is 8.07. The summed E-state index contributed by atoms with van der Waals surface area (Å²) in [5, 5.41) is 9.66. The van der Waals surface area contributed by atoms with Crippen molar-refractivity contribution in [1.29, 1.82) is 5.26 Å². The van der Waals surface area contributed by atoms with E-state index in [9.17, 15) is 19.6 Å². The van der Waals surface area contributed by atoms with Gasteiger partial charge in [0.25, 0.3) is 0 Å². The first-order valence-electron chi connectivity index (χ1n) is 11.1. The highest BCUT2D eigenvalue weighted by Gasteiger charge is 2.23. The van der Waals surface area contributed by atoms with Crippen molar-refractivity contribution in [3.8, 4) is 17.5 Å². The van der Waals surface area contributed by atoms with Gasteiger partial charge in [0.15, 0.2) is 11.6 Å². The van der Waals surface area contributed by atoms with Gasteiger partial charge in [-0.25, -0.2) is 32.5 Å². The zero-order valence-corrected chi connectivity index (χ0v) is 20.4. The minimum Gasteiger partial charge on any atom is -0.494 e. The fourth-order valence-electron chi connectivity index (χ4n) is 3.94. The number of rotatable bonds is 7. The second-order valence-corrected chi connectivity index (χ2v) is 8.48. The van der Waals surface area contributed by atoms with Crippen LogP contribution in [0.4, 0.5) is 4.39 Å². The summed E-state index contributed by atoms with van der Waals surface area (Å²) in [4.78, 5) is 40.5. The number of nitrogens with two attached hydrogens (primary N) is 1. The van der Waals surface area contributed by atoms with Crippen LogP contribution in [0.2, 0.25) is 5.02 Å². The molecule has 0 aliphatic heterocycles. The van der Waals surface area contributed by atoms with Crippen LogP contribution in [0.15, 0.2) is 81.1 Å². The lowest BCUT2D eigenvalue weighted by Gasteiger charge is -2.18. The molecule has 0 amide bonds. The molecule has 188 valence electrons. The summed E-state index contributed by atoms with van der Waals surface area (Å²) in [6.07, 6.45) is 0. The van der Waals surface area contributed by atoms with Gasteiger partial charge in [-0.3, -0.25) is 0 Å². The molecule has 0 unspecified atom stereocenters. The molecule has 0 bridgehead atoms. The molecule has 1 aromatic heterocycles. The van der Waals surface area contributed by atoms with Crippen molar-refractivity contribution in [2.75, 3.05) is 7.11 Å². The molecule has 2 N–H and O–H groups in total. The fourth-order valence-corrected chi connectivity index (χ4v) is 4.18. The van der Waals surface area contributed by atoms with Crippen molar-refractivity contribution < 1.29 is 9.13 Å². The van der Waals surface area contributed by atoms with E-state index in [4.69, 9.17) is 22.1 Å². The van der Waals surface area contributed by atoms with Crippen LogP contribution in [0.3, 0.4) is 0 Å². The van der Waals surface area contributed by atoms with Crippen LogP contribution in [-0.2, 0) is 13.1 Å². The summed E-state index contributed by atoms with van der Waals surface area (Å²) in [6, 6.07) is 18.4. The molecule has 0 fully saturated rings. The van der Waals surface area contributed by atoms with Crippen LogP contribution < -0.4 is 27.5 Å². The quantitative estimate of drug-likeness (QED) is 0.398. The van der Waals surface area contributed by atoms with Crippen molar-refractivity contribution in [2.45, 2.75) is 19.1 Å². The smallest absolute Gasteiger partial charge is 0.341 e. The van der Waals surface area contributed by atoms with E-state index in [1.54, 1.807) is 36.4 Å². The Kier molecular flexibility index (Phi) is 7.38. The monoisotopic (exact) mass is 521 g/mol. The van der Waals surface area contributed by atoms with E-state index in [0.29, 0.717) is 10.1 Å². The van der Waals surface area contributed by atoms with Crippen LogP contribution in [0.25, 0.3) is 5.69 Å². The van der Waals surface area contributed by atoms with Gasteiger partial charge in [-0.15, -0.1) is 0 Å². The molecule has 1 heterocycles. The number of halogens is 2. The molecule has 9 nitrogen and oxygen atoms in total.